The van der Waals surface area contributed by atoms with Crippen molar-refractivity contribution in [3.63, 3.8) is 0 Å². The molecule has 0 aromatic heterocycles. The molecule has 0 fully saturated rings. The summed E-state index contributed by atoms with van der Waals surface area (Å²) in [6, 6.07) is 15.5. The Balaban J connectivity index is 1.81. The van der Waals surface area contributed by atoms with Crippen molar-refractivity contribution in [1.82, 2.24) is 5.32 Å². The molecule has 0 saturated heterocycles. The van der Waals surface area contributed by atoms with Crippen LogP contribution in [0, 0.1) is 5.92 Å². The van der Waals surface area contributed by atoms with Gasteiger partial charge in [-0.05, 0) is 44.4 Å². The molecule has 33 heavy (non-hydrogen) atoms. The maximum absolute atomic E-state index is 13.1. The Morgan fingerprint density at radius 3 is 2.42 bits per heavy atom. The summed E-state index contributed by atoms with van der Waals surface area (Å²) in [6.07, 6.45) is 1.03. The number of nitrogens with one attached hydrogen (secondary N) is 2. The Hall–Kier alpha value is -2.84. The zero-order chi connectivity index (χ0) is 23.6. The van der Waals surface area contributed by atoms with Gasteiger partial charge in [-0.3, -0.25) is 19.7 Å². The lowest BCUT2D eigenvalue weighted by Crippen LogP contribution is -2.55. The number of rotatable bonds is 10. The van der Waals surface area contributed by atoms with E-state index in [-0.39, 0.29) is 19.1 Å². The number of hydrogen-bond donors (Lipinski definition) is 2. The maximum Gasteiger partial charge on any atom is 0.324 e. The summed E-state index contributed by atoms with van der Waals surface area (Å²) in [5.74, 6) is -1.65. The molecule has 1 amide bonds. The first-order valence-corrected chi connectivity index (χ1v) is 12.2. The number of para-hydroxylation sites is 1. The first-order valence-electron chi connectivity index (χ1n) is 11.2. The van der Waals surface area contributed by atoms with Crippen LogP contribution in [0.2, 0.25) is 0 Å². The van der Waals surface area contributed by atoms with Gasteiger partial charge in [-0.1, -0.05) is 42.5 Å². The third-order valence-corrected chi connectivity index (χ3v) is 6.55. The highest BCUT2D eigenvalue weighted by Gasteiger charge is 2.39. The van der Waals surface area contributed by atoms with E-state index in [4.69, 9.17) is 9.47 Å². The first-order chi connectivity index (χ1) is 16.0. The lowest BCUT2D eigenvalue weighted by molar-refractivity contribution is -0.151. The van der Waals surface area contributed by atoms with E-state index in [2.05, 4.69) is 10.6 Å². The normalized spacial score (nSPS) is 17.2. The molecular formula is C25H30N2O5S. The molecule has 1 heterocycles. The number of esters is 2. The molecular weight excluding hydrogens is 440 g/mol. The van der Waals surface area contributed by atoms with E-state index in [1.54, 1.807) is 13.8 Å². The van der Waals surface area contributed by atoms with Crippen LogP contribution in [-0.4, -0.2) is 48.9 Å². The number of ether oxygens (including phenoxy) is 2. The highest BCUT2D eigenvalue weighted by Crippen LogP contribution is 2.33. The lowest BCUT2D eigenvalue weighted by Gasteiger charge is -2.28. The predicted molar refractivity (Wildman–Crippen MR) is 128 cm³/mol. The van der Waals surface area contributed by atoms with Gasteiger partial charge in [0.25, 0.3) is 0 Å². The average Bonchev–Trinajstić information content (AvgIpc) is 2.98. The van der Waals surface area contributed by atoms with Gasteiger partial charge in [-0.15, -0.1) is 11.8 Å². The van der Waals surface area contributed by atoms with Crippen molar-refractivity contribution in [3.05, 3.63) is 60.2 Å². The summed E-state index contributed by atoms with van der Waals surface area (Å²) in [5, 5.41) is 6.04. The second-order valence-corrected chi connectivity index (χ2v) is 8.69. The number of anilines is 1. The molecule has 0 aliphatic carbocycles. The number of carbonyl (C=O) groups excluding carboxylic acids is 3. The molecule has 1 aliphatic heterocycles. The van der Waals surface area contributed by atoms with Crippen molar-refractivity contribution in [2.24, 2.45) is 5.92 Å². The summed E-state index contributed by atoms with van der Waals surface area (Å²) in [7, 11) is 0. The smallest absolute Gasteiger partial charge is 0.324 e. The van der Waals surface area contributed by atoms with Crippen LogP contribution in [0.5, 0.6) is 0 Å². The Bertz CT molecular complexity index is 953. The minimum atomic E-state index is -0.989. The molecule has 3 atom stereocenters. The van der Waals surface area contributed by atoms with E-state index in [1.807, 2.05) is 54.6 Å². The molecule has 0 radical (unpaired) electrons. The highest BCUT2D eigenvalue weighted by atomic mass is 32.2. The van der Waals surface area contributed by atoms with Crippen LogP contribution in [0.1, 0.15) is 25.8 Å². The number of amides is 1. The van der Waals surface area contributed by atoms with Crippen LogP contribution in [0.15, 0.2) is 59.5 Å². The summed E-state index contributed by atoms with van der Waals surface area (Å²) >= 11 is 1.49. The fourth-order valence-electron chi connectivity index (χ4n) is 3.69. The van der Waals surface area contributed by atoms with Gasteiger partial charge in [0, 0.05) is 10.6 Å². The van der Waals surface area contributed by atoms with Crippen molar-refractivity contribution >= 4 is 35.3 Å². The van der Waals surface area contributed by atoms with Crippen LogP contribution in [-0.2, 0) is 30.3 Å². The van der Waals surface area contributed by atoms with Crippen LogP contribution in [0.3, 0.4) is 0 Å². The second-order valence-electron chi connectivity index (χ2n) is 7.63. The molecule has 0 saturated carbocycles. The minimum Gasteiger partial charge on any atom is -0.465 e. The number of thioether (sulfide) groups is 1. The number of carbonyl (C=O) groups is 3. The molecule has 8 heteroatoms. The topological polar surface area (TPSA) is 93.7 Å². The van der Waals surface area contributed by atoms with Gasteiger partial charge < -0.3 is 14.8 Å². The maximum atomic E-state index is 13.1. The first kappa shape index (κ1) is 24.8. The quantitative estimate of drug-likeness (QED) is 0.514. The third-order valence-electron chi connectivity index (χ3n) is 5.36. The minimum absolute atomic E-state index is 0.173. The molecule has 176 valence electrons. The molecule has 0 spiro atoms. The third kappa shape index (κ3) is 6.82. The van der Waals surface area contributed by atoms with E-state index in [0.717, 1.165) is 10.5 Å². The van der Waals surface area contributed by atoms with E-state index in [1.165, 1.54) is 11.8 Å². The van der Waals surface area contributed by atoms with Gasteiger partial charge in [-0.25, -0.2) is 0 Å². The average molecular weight is 471 g/mol. The van der Waals surface area contributed by atoms with Gasteiger partial charge in [0.05, 0.1) is 24.8 Å². The molecule has 3 unspecified atom stereocenters. The van der Waals surface area contributed by atoms with Crippen LogP contribution < -0.4 is 10.6 Å². The number of hydrogen-bond acceptors (Lipinski definition) is 7. The Kier molecular flexibility index (Phi) is 9.33. The summed E-state index contributed by atoms with van der Waals surface area (Å²) in [6.45, 7) is 3.85. The van der Waals surface area contributed by atoms with E-state index >= 15 is 0 Å². The van der Waals surface area contributed by atoms with Crippen molar-refractivity contribution in [2.45, 2.75) is 43.7 Å². The van der Waals surface area contributed by atoms with Gasteiger partial charge in [0.15, 0.2) is 0 Å². The summed E-state index contributed by atoms with van der Waals surface area (Å²) in [4.78, 5) is 39.7. The number of benzene rings is 2. The van der Waals surface area contributed by atoms with Gasteiger partial charge in [0.1, 0.15) is 12.1 Å². The lowest BCUT2D eigenvalue weighted by atomic mass is 9.97. The number of aryl methyl sites for hydroxylation is 1. The Morgan fingerprint density at radius 1 is 1.03 bits per heavy atom. The highest BCUT2D eigenvalue weighted by molar-refractivity contribution is 7.99. The fourth-order valence-corrected chi connectivity index (χ4v) is 4.84. The van der Waals surface area contributed by atoms with E-state index in [9.17, 15) is 14.4 Å². The van der Waals surface area contributed by atoms with Gasteiger partial charge in [0.2, 0.25) is 5.91 Å². The van der Waals surface area contributed by atoms with Crippen LogP contribution >= 0.6 is 11.8 Å². The molecule has 7 nitrogen and oxygen atoms in total. The van der Waals surface area contributed by atoms with Crippen molar-refractivity contribution in [2.75, 3.05) is 24.3 Å². The summed E-state index contributed by atoms with van der Waals surface area (Å²) < 4.78 is 10.5. The largest absolute Gasteiger partial charge is 0.465 e. The predicted octanol–water partition coefficient (Wildman–Crippen LogP) is 3.43. The van der Waals surface area contributed by atoms with E-state index in [0.29, 0.717) is 24.3 Å². The number of fused-ring (bicyclic) bond motifs is 1. The zero-order valence-corrected chi connectivity index (χ0v) is 19.7. The van der Waals surface area contributed by atoms with Crippen LogP contribution in [0.4, 0.5) is 5.69 Å². The molecule has 1 aliphatic rings. The second kappa shape index (κ2) is 12.4. The van der Waals surface area contributed by atoms with Gasteiger partial charge >= 0.3 is 11.9 Å². The molecule has 2 aromatic rings. The van der Waals surface area contributed by atoms with Crippen molar-refractivity contribution in [3.8, 4) is 0 Å². The standard InChI is InChI=1S/C25H30N2O5S/c1-3-31-24(29)20(15-14-17-10-6-5-7-11-17)26-22(25(30)32-4-2)18-16-33-21-13-9-8-12-19(21)27-23(18)28/h5-13,18,20,22,26H,3-4,14-16H2,1-2H3,(H,27,28). The van der Waals surface area contributed by atoms with Crippen molar-refractivity contribution in [1.29, 1.82) is 0 Å². The van der Waals surface area contributed by atoms with Crippen LogP contribution in [0.25, 0.3) is 0 Å². The Labute approximate surface area is 198 Å². The zero-order valence-electron chi connectivity index (χ0n) is 18.9. The molecule has 3 rings (SSSR count). The molecule has 0 bridgehead atoms. The SMILES string of the molecule is CCOC(=O)C(CCc1ccccc1)NC(C(=O)OCC)C1CSc2ccccc2NC1=O. The summed E-state index contributed by atoms with van der Waals surface area (Å²) in [5.41, 5.74) is 1.78. The van der Waals surface area contributed by atoms with Gasteiger partial charge in [-0.2, -0.15) is 0 Å². The Morgan fingerprint density at radius 2 is 1.70 bits per heavy atom. The molecule has 2 aromatic carbocycles. The van der Waals surface area contributed by atoms with E-state index < -0.39 is 29.9 Å². The monoisotopic (exact) mass is 470 g/mol. The van der Waals surface area contributed by atoms with Crippen molar-refractivity contribution < 1.29 is 23.9 Å². The molecule has 2 N–H and O–H groups in total. The fraction of sp³-hybridized carbons (Fsp3) is 0.400.